The van der Waals surface area contributed by atoms with Gasteiger partial charge in [-0.1, -0.05) is 24.3 Å². The number of hydrogen-bond donors (Lipinski definition) is 2. The van der Waals surface area contributed by atoms with Crippen LogP contribution in [0.15, 0.2) is 36.4 Å². The van der Waals surface area contributed by atoms with Gasteiger partial charge in [-0.3, -0.25) is 0 Å². The third-order valence-electron chi connectivity index (χ3n) is 1.97. The molecule has 2 nitrogen and oxygen atoms in total. The number of benzene rings is 2. The molecule has 13 heavy (non-hydrogen) atoms. The van der Waals surface area contributed by atoms with Crippen molar-refractivity contribution in [2.24, 2.45) is 0 Å². The Morgan fingerprint density at radius 3 is 1.62 bits per heavy atom. The maximum Gasteiger partial charge on any atom is 0.0414 e. The smallest absolute Gasteiger partial charge is 0.0414 e. The standard InChI is InChI=1S/C10H10N2.Au/c11-8-5-1-3-7-4-2-6-9(12)10(7)8;/h1-6H,11-12H2;. The van der Waals surface area contributed by atoms with E-state index >= 15 is 0 Å². The summed E-state index contributed by atoms with van der Waals surface area (Å²) >= 11 is 0. The number of hydrogen-bond acceptors (Lipinski definition) is 2. The monoisotopic (exact) mass is 355 g/mol. The molecule has 1 radical (unpaired) electrons. The number of nitrogens with two attached hydrogens (primary N) is 2. The second-order valence-electron chi connectivity index (χ2n) is 2.79. The van der Waals surface area contributed by atoms with Gasteiger partial charge in [-0.15, -0.1) is 0 Å². The summed E-state index contributed by atoms with van der Waals surface area (Å²) in [5.41, 5.74) is 13.0. The summed E-state index contributed by atoms with van der Waals surface area (Å²) in [4.78, 5) is 0. The molecule has 0 aromatic heterocycles. The van der Waals surface area contributed by atoms with E-state index in [4.69, 9.17) is 11.5 Å². The van der Waals surface area contributed by atoms with Crippen molar-refractivity contribution in [1.29, 1.82) is 0 Å². The van der Waals surface area contributed by atoms with E-state index in [1.165, 1.54) is 0 Å². The zero-order valence-electron chi connectivity index (χ0n) is 6.92. The van der Waals surface area contributed by atoms with E-state index in [2.05, 4.69) is 0 Å². The fourth-order valence-corrected chi connectivity index (χ4v) is 1.40. The van der Waals surface area contributed by atoms with Crippen molar-refractivity contribution in [3.8, 4) is 0 Å². The van der Waals surface area contributed by atoms with Crippen molar-refractivity contribution in [2.75, 3.05) is 11.5 Å². The van der Waals surface area contributed by atoms with Crippen LogP contribution in [0.4, 0.5) is 11.4 Å². The van der Waals surface area contributed by atoms with Gasteiger partial charge < -0.3 is 11.5 Å². The van der Waals surface area contributed by atoms with Gasteiger partial charge in [0.1, 0.15) is 0 Å². The number of nitrogen functional groups attached to an aromatic ring is 2. The molecule has 2 aromatic carbocycles. The molecule has 0 aliphatic rings. The van der Waals surface area contributed by atoms with E-state index in [1.54, 1.807) is 0 Å². The second-order valence-corrected chi connectivity index (χ2v) is 2.79. The van der Waals surface area contributed by atoms with Gasteiger partial charge in [0.25, 0.3) is 0 Å². The average Bonchev–Trinajstić information content (AvgIpc) is 2.04. The van der Waals surface area contributed by atoms with Crippen LogP contribution < -0.4 is 11.5 Å². The molecule has 2 rings (SSSR count). The Balaban J connectivity index is 0.000000845. The Hall–Kier alpha value is -0.960. The van der Waals surface area contributed by atoms with Gasteiger partial charge in [0.05, 0.1) is 0 Å². The van der Waals surface area contributed by atoms with Crippen LogP contribution in [0, 0.1) is 0 Å². The zero-order valence-corrected chi connectivity index (χ0v) is 9.09. The Labute approximate surface area is 92.4 Å². The van der Waals surface area contributed by atoms with Gasteiger partial charge in [-0.2, -0.15) is 0 Å². The molecule has 0 aliphatic heterocycles. The minimum absolute atomic E-state index is 0. The number of rotatable bonds is 0. The molecule has 0 atom stereocenters. The van der Waals surface area contributed by atoms with Crippen LogP contribution in [0.2, 0.25) is 0 Å². The third-order valence-corrected chi connectivity index (χ3v) is 1.97. The number of fused-ring (bicyclic) bond motifs is 1. The first-order valence-corrected chi connectivity index (χ1v) is 3.82. The Bertz CT molecular complexity index is 389. The Kier molecular flexibility index (Phi) is 2.98. The van der Waals surface area contributed by atoms with Crippen LogP contribution in [-0.2, 0) is 22.4 Å². The van der Waals surface area contributed by atoms with E-state index in [0.717, 1.165) is 22.1 Å². The topological polar surface area (TPSA) is 52.0 Å². The van der Waals surface area contributed by atoms with Crippen molar-refractivity contribution >= 4 is 22.1 Å². The van der Waals surface area contributed by atoms with Crippen LogP contribution in [0.25, 0.3) is 10.8 Å². The van der Waals surface area contributed by atoms with Crippen LogP contribution in [0.5, 0.6) is 0 Å². The summed E-state index contributed by atoms with van der Waals surface area (Å²) in [7, 11) is 0. The summed E-state index contributed by atoms with van der Waals surface area (Å²) in [5, 5.41) is 2.05. The maximum absolute atomic E-state index is 5.78. The van der Waals surface area contributed by atoms with Gasteiger partial charge in [0, 0.05) is 39.1 Å². The molecular formula is C10H10AuN2. The van der Waals surface area contributed by atoms with Crippen molar-refractivity contribution < 1.29 is 22.4 Å². The average molecular weight is 355 g/mol. The Morgan fingerprint density at radius 1 is 0.769 bits per heavy atom. The van der Waals surface area contributed by atoms with Gasteiger partial charge in [0.15, 0.2) is 0 Å². The summed E-state index contributed by atoms with van der Waals surface area (Å²) in [6.45, 7) is 0. The van der Waals surface area contributed by atoms with Crippen molar-refractivity contribution in [3.63, 3.8) is 0 Å². The molecule has 71 valence electrons. The Morgan fingerprint density at radius 2 is 1.23 bits per heavy atom. The van der Waals surface area contributed by atoms with Crippen LogP contribution in [0.1, 0.15) is 0 Å². The molecule has 0 aliphatic carbocycles. The molecule has 0 heterocycles. The molecule has 0 fully saturated rings. The molecule has 0 amide bonds. The fourth-order valence-electron chi connectivity index (χ4n) is 1.40. The molecule has 4 N–H and O–H groups in total. The first-order valence-electron chi connectivity index (χ1n) is 3.82. The predicted molar refractivity (Wildman–Crippen MR) is 52.8 cm³/mol. The minimum atomic E-state index is 0. The van der Waals surface area contributed by atoms with Crippen LogP contribution in [-0.4, -0.2) is 0 Å². The largest absolute Gasteiger partial charge is 0.398 e. The van der Waals surface area contributed by atoms with E-state index < -0.39 is 0 Å². The van der Waals surface area contributed by atoms with Gasteiger partial charge in [0.2, 0.25) is 0 Å². The second kappa shape index (κ2) is 3.83. The van der Waals surface area contributed by atoms with E-state index in [1.807, 2.05) is 36.4 Å². The van der Waals surface area contributed by atoms with E-state index in [-0.39, 0.29) is 22.4 Å². The van der Waals surface area contributed by atoms with Crippen LogP contribution >= 0.6 is 0 Å². The predicted octanol–water partition coefficient (Wildman–Crippen LogP) is 2.00. The molecule has 0 unspecified atom stereocenters. The van der Waals surface area contributed by atoms with Crippen molar-refractivity contribution in [3.05, 3.63) is 36.4 Å². The third kappa shape index (κ3) is 1.70. The summed E-state index contributed by atoms with van der Waals surface area (Å²) in [6.07, 6.45) is 0. The van der Waals surface area contributed by atoms with Crippen molar-refractivity contribution in [2.45, 2.75) is 0 Å². The number of anilines is 2. The summed E-state index contributed by atoms with van der Waals surface area (Å²) < 4.78 is 0. The first kappa shape index (κ1) is 10.1. The molecule has 0 saturated heterocycles. The maximum atomic E-state index is 5.78. The first-order chi connectivity index (χ1) is 5.79. The SMILES string of the molecule is Nc1cccc2cccc(N)c12.[Au]. The molecule has 0 bridgehead atoms. The van der Waals surface area contributed by atoms with E-state index in [9.17, 15) is 0 Å². The van der Waals surface area contributed by atoms with Crippen LogP contribution in [0.3, 0.4) is 0 Å². The summed E-state index contributed by atoms with van der Waals surface area (Å²) in [5.74, 6) is 0. The van der Waals surface area contributed by atoms with Gasteiger partial charge in [-0.05, 0) is 17.5 Å². The van der Waals surface area contributed by atoms with Gasteiger partial charge in [-0.25, -0.2) is 0 Å². The quantitative estimate of drug-likeness (QED) is 0.561. The molecule has 3 heteroatoms. The zero-order chi connectivity index (χ0) is 8.55. The van der Waals surface area contributed by atoms with E-state index in [0.29, 0.717) is 0 Å². The van der Waals surface area contributed by atoms with Crippen molar-refractivity contribution in [1.82, 2.24) is 0 Å². The normalized spacial score (nSPS) is 9.54. The molecule has 2 aromatic rings. The molecular weight excluding hydrogens is 345 g/mol. The van der Waals surface area contributed by atoms with Gasteiger partial charge >= 0.3 is 0 Å². The molecule has 0 saturated carbocycles. The fraction of sp³-hybridized carbons (Fsp3) is 0. The minimum Gasteiger partial charge on any atom is -0.398 e. The summed E-state index contributed by atoms with van der Waals surface area (Å²) in [6, 6.07) is 11.6. The molecule has 0 spiro atoms.